The first-order valence-electron chi connectivity index (χ1n) is 11.4. The van der Waals surface area contributed by atoms with Gasteiger partial charge in [0.25, 0.3) is 0 Å². The van der Waals surface area contributed by atoms with Gasteiger partial charge in [0.1, 0.15) is 5.75 Å². The summed E-state index contributed by atoms with van der Waals surface area (Å²) in [5.74, 6) is 0.619. The molecule has 172 valence electrons. The molecule has 32 heavy (non-hydrogen) atoms. The standard InChI is InChI=1S/C26H35N3O3/c1-18(2)28-26(31)29-17-22(12-13-23(29)21-10-7-8-19(3)16-21)25(30)27-15-14-20-9-5-6-11-24(20)32-4/h5-11,16,18,22-23H,12-15,17H2,1-4H3,(H,27,30)(H,28,31). The lowest BCUT2D eigenvalue weighted by Crippen LogP contribution is -2.51. The van der Waals surface area contributed by atoms with Crippen LogP contribution in [-0.2, 0) is 11.2 Å². The van der Waals surface area contributed by atoms with Gasteiger partial charge in [-0.25, -0.2) is 4.79 Å². The first-order valence-corrected chi connectivity index (χ1v) is 11.4. The van der Waals surface area contributed by atoms with E-state index < -0.39 is 0 Å². The highest BCUT2D eigenvalue weighted by Gasteiger charge is 2.35. The van der Waals surface area contributed by atoms with E-state index in [-0.39, 0.29) is 29.9 Å². The quantitative estimate of drug-likeness (QED) is 0.681. The number of hydrogen-bond donors (Lipinski definition) is 2. The van der Waals surface area contributed by atoms with Gasteiger partial charge >= 0.3 is 6.03 Å². The van der Waals surface area contributed by atoms with Crippen LogP contribution in [0.1, 0.15) is 49.4 Å². The van der Waals surface area contributed by atoms with Gasteiger partial charge in [-0.3, -0.25) is 4.79 Å². The number of methoxy groups -OCH3 is 1. The summed E-state index contributed by atoms with van der Waals surface area (Å²) in [5, 5.41) is 6.07. The first kappa shape index (κ1) is 23.6. The van der Waals surface area contributed by atoms with E-state index in [1.165, 1.54) is 5.56 Å². The Balaban J connectivity index is 1.65. The molecule has 2 unspecified atom stereocenters. The van der Waals surface area contributed by atoms with Crippen molar-refractivity contribution in [2.24, 2.45) is 5.92 Å². The highest BCUT2D eigenvalue weighted by molar-refractivity contribution is 5.81. The van der Waals surface area contributed by atoms with Crippen molar-refractivity contribution in [2.75, 3.05) is 20.2 Å². The zero-order chi connectivity index (χ0) is 23.1. The molecule has 0 aliphatic carbocycles. The minimum Gasteiger partial charge on any atom is -0.496 e. The summed E-state index contributed by atoms with van der Waals surface area (Å²) in [4.78, 5) is 27.7. The van der Waals surface area contributed by atoms with Gasteiger partial charge in [0.05, 0.1) is 19.1 Å². The number of piperidine rings is 1. The van der Waals surface area contributed by atoms with Crippen LogP contribution >= 0.6 is 0 Å². The van der Waals surface area contributed by atoms with Crippen LogP contribution in [0, 0.1) is 12.8 Å². The second kappa shape index (κ2) is 11.0. The Morgan fingerprint density at radius 1 is 1.12 bits per heavy atom. The van der Waals surface area contributed by atoms with Crippen molar-refractivity contribution in [3.05, 3.63) is 65.2 Å². The SMILES string of the molecule is COc1ccccc1CCNC(=O)C1CCC(c2cccc(C)c2)N(C(=O)NC(C)C)C1. The van der Waals surface area contributed by atoms with Crippen LogP contribution in [0.4, 0.5) is 4.79 Å². The van der Waals surface area contributed by atoms with E-state index in [4.69, 9.17) is 4.74 Å². The number of nitrogens with one attached hydrogen (secondary N) is 2. The number of likely N-dealkylation sites (tertiary alicyclic amines) is 1. The summed E-state index contributed by atoms with van der Waals surface area (Å²) < 4.78 is 5.39. The van der Waals surface area contributed by atoms with Crippen molar-refractivity contribution in [2.45, 2.75) is 52.1 Å². The summed E-state index contributed by atoms with van der Waals surface area (Å²) in [7, 11) is 1.65. The van der Waals surface area contributed by atoms with Crippen LogP contribution in [0.25, 0.3) is 0 Å². The normalized spacial score (nSPS) is 18.3. The van der Waals surface area contributed by atoms with Gasteiger partial charge in [-0.2, -0.15) is 0 Å². The molecule has 3 rings (SSSR count). The molecule has 1 aliphatic rings. The van der Waals surface area contributed by atoms with E-state index in [0.717, 1.165) is 29.7 Å². The van der Waals surface area contributed by atoms with Gasteiger partial charge in [0, 0.05) is 19.1 Å². The number of aryl methyl sites for hydroxylation is 1. The Labute approximate surface area is 191 Å². The highest BCUT2D eigenvalue weighted by Crippen LogP contribution is 2.34. The van der Waals surface area contributed by atoms with Gasteiger partial charge in [-0.05, 0) is 57.2 Å². The van der Waals surface area contributed by atoms with E-state index in [1.807, 2.05) is 49.1 Å². The summed E-state index contributed by atoms with van der Waals surface area (Å²) >= 11 is 0. The largest absolute Gasteiger partial charge is 0.496 e. The number of benzene rings is 2. The number of amides is 3. The molecule has 1 fully saturated rings. The van der Waals surface area contributed by atoms with E-state index in [1.54, 1.807) is 7.11 Å². The fourth-order valence-electron chi connectivity index (χ4n) is 4.34. The maximum atomic E-state index is 13.0. The maximum absolute atomic E-state index is 13.0. The molecule has 1 aliphatic heterocycles. The predicted octanol–water partition coefficient (Wildman–Crippen LogP) is 4.23. The third kappa shape index (κ3) is 6.02. The maximum Gasteiger partial charge on any atom is 0.318 e. The molecule has 0 radical (unpaired) electrons. The van der Waals surface area contributed by atoms with E-state index in [2.05, 4.69) is 35.8 Å². The number of carbonyl (C=O) groups excluding carboxylic acids is 2. The molecule has 2 aromatic carbocycles. The molecule has 0 aromatic heterocycles. The lowest BCUT2D eigenvalue weighted by molar-refractivity contribution is -0.126. The zero-order valence-corrected chi connectivity index (χ0v) is 19.6. The summed E-state index contributed by atoms with van der Waals surface area (Å²) in [5.41, 5.74) is 3.36. The lowest BCUT2D eigenvalue weighted by atomic mass is 9.88. The fraction of sp³-hybridized carbons (Fsp3) is 0.462. The molecule has 6 heteroatoms. The van der Waals surface area contributed by atoms with E-state index in [9.17, 15) is 9.59 Å². The molecule has 1 saturated heterocycles. The second-order valence-electron chi connectivity index (χ2n) is 8.81. The molecule has 2 aromatic rings. The number of nitrogens with zero attached hydrogens (tertiary/aromatic N) is 1. The van der Waals surface area contributed by atoms with Crippen LogP contribution in [0.15, 0.2) is 48.5 Å². The predicted molar refractivity (Wildman–Crippen MR) is 127 cm³/mol. The zero-order valence-electron chi connectivity index (χ0n) is 19.6. The number of carbonyl (C=O) groups is 2. The molecule has 0 spiro atoms. The highest BCUT2D eigenvalue weighted by atomic mass is 16.5. The Morgan fingerprint density at radius 3 is 2.62 bits per heavy atom. The van der Waals surface area contributed by atoms with Crippen LogP contribution in [0.2, 0.25) is 0 Å². The third-order valence-corrected chi connectivity index (χ3v) is 5.94. The molecule has 0 saturated carbocycles. The molecular weight excluding hydrogens is 402 g/mol. The van der Waals surface area contributed by atoms with Crippen LogP contribution in [0.3, 0.4) is 0 Å². The smallest absolute Gasteiger partial charge is 0.318 e. The van der Waals surface area contributed by atoms with Crippen LogP contribution in [-0.4, -0.2) is 43.1 Å². The average molecular weight is 438 g/mol. The lowest BCUT2D eigenvalue weighted by Gasteiger charge is -2.40. The van der Waals surface area contributed by atoms with Gasteiger partial charge in [0.15, 0.2) is 0 Å². The monoisotopic (exact) mass is 437 g/mol. The van der Waals surface area contributed by atoms with Crippen molar-refractivity contribution in [1.82, 2.24) is 15.5 Å². The Bertz CT molecular complexity index is 928. The average Bonchev–Trinajstić information content (AvgIpc) is 2.78. The Hall–Kier alpha value is -3.02. The summed E-state index contributed by atoms with van der Waals surface area (Å²) in [6.07, 6.45) is 2.22. The Morgan fingerprint density at radius 2 is 1.91 bits per heavy atom. The molecular formula is C26H35N3O3. The first-order chi connectivity index (χ1) is 15.4. The fourth-order valence-corrected chi connectivity index (χ4v) is 4.34. The van der Waals surface area contributed by atoms with Crippen molar-refractivity contribution >= 4 is 11.9 Å². The number of rotatable bonds is 7. The van der Waals surface area contributed by atoms with Crippen LogP contribution < -0.4 is 15.4 Å². The van der Waals surface area contributed by atoms with E-state index >= 15 is 0 Å². The molecule has 1 heterocycles. The molecule has 2 atom stereocenters. The minimum absolute atomic E-state index is 0.00457. The molecule has 3 amide bonds. The van der Waals surface area contributed by atoms with E-state index in [0.29, 0.717) is 19.5 Å². The molecule has 2 N–H and O–H groups in total. The topological polar surface area (TPSA) is 70.7 Å². The molecule has 6 nitrogen and oxygen atoms in total. The minimum atomic E-state index is -0.216. The summed E-state index contributed by atoms with van der Waals surface area (Å²) in [6.45, 7) is 6.91. The molecule has 0 bridgehead atoms. The van der Waals surface area contributed by atoms with Crippen molar-refractivity contribution in [3.63, 3.8) is 0 Å². The van der Waals surface area contributed by atoms with Crippen molar-refractivity contribution in [1.29, 1.82) is 0 Å². The van der Waals surface area contributed by atoms with Gasteiger partial charge in [0.2, 0.25) is 5.91 Å². The second-order valence-corrected chi connectivity index (χ2v) is 8.81. The van der Waals surface area contributed by atoms with Crippen LogP contribution in [0.5, 0.6) is 5.75 Å². The summed E-state index contributed by atoms with van der Waals surface area (Å²) in [6, 6.07) is 16.0. The van der Waals surface area contributed by atoms with Crippen molar-refractivity contribution in [3.8, 4) is 5.75 Å². The third-order valence-electron chi connectivity index (χ3n) is 5.94. The number of ether oxygens (including phenoxy) is 1. The van der Waals surface area contributed by atoms with Gasteiger partial charge in [-0.15, -0.1) is 0 Å². The number of hydrogen-bond acceptors (Lipinski definition) is 3. The van der Waals surface area contributed by atoms with Gasteiger partial charge in [-0.1, -0.05) is 48.0 Å². The Kier molecular flexibility index (Phi) is 8.14. The van der Waals surface area contributed by atoms with Gasteiger partial charge < -0.3 is 20.3 Å². The number of para-hydroxylation sites is 1. The number of urea groups is 1. The van der Waals surface area contributed by atoms with Crippen molar-refractivity contribution < 1.29 is 14.3 Å².